The lowest BCUT2D eigenvalue weighted by Gasteiger charge is -2.11. The molecule has 6 aromatic rings. The SMILES string of the molecule is c1ccc2cc3c(ccc4c5cccnc5c5cncn5c34)cc2c1. The van der Waals surface area contributed by atoms with E-state index in [1.807, 2.05) is 24.8 Å². The number of aromatic nitrogens is 3. The first kappa shape index (κ1) is 12.9. The zero-order valence-corrected chi connectivity index (χ0v) is 13.3. The van der Waals surface area contributed by atoms with E-state index >= 15 is 0 Å². The molecule has 3 heteroatoms. The summed E-state index contributed by atoms with van der Waals surface area (Å²) in [4.78, 5) is 8.99. The van der Waals surface area contributed by atoms with E-state index in [4.69, 9.17) is 0 Å². The van der Waals surface area contributed by atoms with E-state index in [0.717, 1.165) is 11.0 Å². The highest BCUT2D eigenvalue weighted by Gasteiger charge is 2.12. The third-order valence-electron chi connectivity index (χ3n) is 5.08. The summed E-state index contributed by atoms with van der Waals surface area (Å²) in [5, 5.41) is 7.37. The Hall–Kier alpha value is -3.46. The highest BCUT2D eigenvalue weighted by molar-refractivity contribution is 6.19. The first-order valence-electron chi connectivity index (χ1n) is 8.34. The third-order valence-corrected chi connectivity index (χ3v) is 5.08. The molecular formula is C22H13N3. The minimum absolute atomic E-state index is 0.993. The zero-order valence-electron chi connectivity index (χ0n) is 13.3. The number of rotatable bonds is 0. The van der Waals surface area contributed by atoms with Crippen molar-refractivity contribution in [3.8, 4) is 0 Å². The van der Waals surface area contributed by atoms with Gasteiger partial charge in [-0.25, -0.2) is 4.98 Å². The van der Waals surface area contributed by atoms with Crippen LogP contribution in [0.2, 0.25) is 0 Å². The number of benzene rings is 3. The van der Waals surface area contributed by atoms with E-state index in [2.05, 4.69) is 69.0 Å². The van der Waals surface area contributed by atoms with E-state index in [9.17, 15) is 0 Å². The molecule has 3 nitrogen and oxygen atoms in total. The number of hydrogen-bond acceptors (Lipinski definition) is 2. The molecule has 6 rings (SSSR count). The van der Waals surface area contributed by atoms with Gasteiger partial charge in [-0.1, -0.05) is 42.5 Å². The Morgan fingerprint density at radius 3 is 2.52 bits per heavy atom. The topological polar surface area (TPSA) is 30.2 Å². The van der Waals surface area contributed by atoms with Gasteiger partial charge in [0.1, 0.15) is 0 Å². The summed E-state index contributed by atoms with van der Waals surface area (Å²) < 4.78 is 2.17. The van der Waals surface area contributed by atoms with Crippen LogP contribution in [-0.4, -0.2) is 14.4 Å². The Labute approximate surface area is 143 Å². The summed E-state index contributed by atoms with van der Waals surface area (Å²) in [6, 6.07) is 21.6. The van der Waals surface area contributed by atoms with Crippen LogP contribution in [0.1, 0.15) is 0 Å². The Bertz CT molecular complexity index is 1440. The van der Waals surface area contributed by atoms with Crippen LogP contribution in [0.4, 0.5) is 0 Å². The van der Waals surface area contributed by atoms with Crippen LogP contribution in [0.5, 0.6) is 0 Å². The quantitative estimate of drug-likeness (QED) is 0.279. The van der Waals surface area contributed by atoms with E-state index < -0.39 is 0 Å². The summed E-state index contributed by atoms with van der Waals surface area (Å²) in [6.45, 7) is 0. The molecule has 0 aliphatic carbocycles. The first-order valence-corrected chi connectivity index (χ1v) is 8.34. The number of imidazole rings is 1. The van der Waals surface area contributed by atoms with Gasteiger partial charge in [-0.05, 0) is 34.4 Å². The molecule has 0 fully saturated rings. The fourth-order valence-corrected chi connectivity index (χ4v) is 3.95. The average Bonchev–Trinajstić information content (AvgIpc) is 3.16. The van der Waals surface area contributed by atoms with Crippen LogP contribution in [0.3, 0.4) is 0 Å². The summed E-state index contributed by atoms with van der Waals surface area (Å²) in [5.41, 5.74) is 3.23. The van der Waals surface area contributed by atoms with Crippen molar-refractivity contribution in [1.29, 1.82) is 0 Å². The lowest BCUT2D eigenvalue weighted by Crippen LogP contribution is -1.92. The second kappa shape index (κ2) is 4.54. The van der Waals surface area contributed by atoms with Crippen molar-refractivity contribution in [3.63, 3.8) is 0 Å². The molecular weight excluding hydrogens is 306 g/mol. The van der Waals surface area contributed by atoms with Crippen LogP contribution in [-0.2, 0) is 0 Å². The summed E-state index contributed by atoms with van der Waals surface area (Å²) >= 11 is 0. The van der Waals surface area contributed by atoms with Gasteiger partial charge in [0.05, 0.1) is 29.1 Å². The smallest absolute Gasteiger partial charge is 0.0998 e. The van der Waals surface area contributed by atoms with Crippen molar-refractivity contribution >= 4 is 48.9 Å². The van der Waals surface area contributed by atoms with Crippen LogP contribution in [0, 0.1) is 0 Å². The van der Waals surface area contributed by atoms with Crippen LogP contribution < -0.4 is 0 Å². The van der Waals surface area contributed by atoms with E-state index in [0.29, 0.717) is 0 Å². The van der Waals surface area contributed by atoms with Gasteiger partial charge in [-0.15, -0.1) is 0 Å². The fraction of sp³-hybridized carbons (Fsp3) is 0. The van der Waals surface area contributed by atoms with Gasteiger partial charge in [0.2, 0.25) is 0 Å². The highest BCUT2D eigenvalue weighted by Crippen LogP contribution is 2.34. The lowest BCUT2D eigenvalue weighted by molar-refractivity contribution is 1.22. The second-order valence-corrected chi connectivity index (χ2v) is 6.43. The molecule has 3 aromatic heterocycles. The van der Waals surface area contributed by atoms with Gasteiger partial charge >= 0.3 is 0 Å². The van der Waals surface area contributed by atoms with Crippen molar-refractivity contribution in [2.75, 3.05) is 0 Å². The van der Waals surface area contributed by atoms with Gasteiger partial charge in [0, 0.05) is 22.4 Å². The van der Waals surface area contributed by atoms with Crippen LogP contribution in [0.25, 0.3) is 48.9 Å². The van der Waals surface area contributed by atoms with Crippen molar-refractivity contribution < 1.29 is 0 Å². The normalized spacial score (nSPS) is 12.0. The molecule has 0 atom stereocenters. The number of fused-ring (bicyclic) bond motifs is 9. The van der Waals surface area contributed by atoms with Gasteiger partial charge in [-0.2, -0.15) is 0 Å². The van der Waals surface area contributed by atoms with Crippen molar-refractivity contribution in [2.45, 2.75) is 0 Å². The molecule has 25 heavy (non-hydrogen) atoms. The number of nitrogens with zero attached hydrogens (tertiary/aromatic N) is 3. The van der Waals surface area contributed by atoms with Gasteiger partial charge in [0.15, 0.2) is 0 Å². The molecule has 0 bridgehead atoms. The average molecular weight is 319 g/mol. The van der Waals surface area contributed by atoms with E-state index in [1.165, 1.54) is 37.8 Å². The van der Waals surface area contributed by atoms with Crippen molar-refractivity contribution in [2.24, 2.45) is 0 Å². The van der Waals surface area contributed by atoms with Crippen LogP contribution in [0.15, 0.2) is 79.4 Å². The maximum Gasteiger partial charge on any atom is 0.0998 e. The number of hydrogen-bond donors (Lipinski definition) is 0. The van der Waals surface area contributed by atoms with E-state index in [-0.39, 0.29) is 0 Å². The standard InChI is InChI=1S/C22H13N3/c1-2-5-15-11-19-16(10-14(15)4-1)7-8-18-17-6-3-9-24-21(17)20-12-23-13-25(20)22(18)19/h1-13H. The van der Waals surface area contributed by atoms with Gasteiger partial charge < -0.3 is 0 Å². The molecule has 116 valence electrons. The Morgan fingerprint density at radius 2 is 1.60 bits per heavy atom. The third kappa shape index (κ3) is 1.64. The molecule has 0 radical (unpaired) electrons. The zero-order chi connectivity index (χ0) is 16.4. The molecule has 3 aromatic carbocycles. The molecule has 0 saturated carbocycles. The largest absolute Gasteiger partial charge is 0.296 e. The molecule has 0 unspecified atom stereocenters. The predicted octanol–water partition coefficient (Wildman–Crippen LogP) is 5.34. The molecule has 3 heterocycles. The minimum Gasteiger partial charge on any atom is -0.296 e. The van der Waals surface area contributed by atoms with E-state index in [1.54, 1.807) is 0 Å². The highest BCUT2D eigenvalue weighted by atomic mass is 15.0. The van der Waals surface area contributed by atoms with Crippen LogP contribution >= 0.6 is 0 Å². The predicted molar refractivity (Wildman–Crippen MR) is 103 cm³/mol. The second-order valence-electron chi connectivity index (χ2n) is 6.43. The monoisotopic (exact) mass is 319 g/mol. The van der Waals surface area contributed by atoms with Gasteiger partial charge in [0.25, 0.3) is 0 Å². The molecule has 0 saturated heterocycles. The summed E-state index contributed by atoms with van der Waals surface area (Å²) in [5.74, 6) is 0. The first-order chi connectivity index (χ1) is 12.4. The maximum atomic E-state index is 4.60. The fourth-order valence-electron chi connectivity index (χ4n) is 3.95. The molecule has 0 N–H and O–H groups in total. The molecule has 0 aliphatic heterocycles. The maximum absolute atomic E-state index is 4.60. The summed E-state index contributed by atoms with van der Waals surface area (Å²) in [7, 11) is 0. The molecule has 0 aliphatic rings. The minimum atomic E-state index is 0.993. The Balaban J connectivity index is 1.97. The van der Waals surface area contributed by atoms with Gasteiger partial charge in [-0.3, -0.25) is 9.38 Å². The lowest BCUT2D eigenvalue weighted by atomic mass is 9.99. The Kier molecular flexibility index (Phi) is 2.35. The Morgan fingerprint density at radius 1 is 0.720 bits per heavy atom. The summed E-state index contributed by atoms with van der Waals surface area (Å²) in [6.07, 6.45) is 5.63. The van der Waals surface area contributed by atoms with Crippen molar-refractivity contribution in [1.82, 2.24) is 14.4 Å². The number of pyridine rings is 2. The van der Waals surface area contributed by atoms with Crippen molar-refractivity contribution in [3.05, 3.63) is 79.4 Å². The molecule has 0 spiro atoms. The molecule has 0 amide bonds.